The van der Waals surface area contributed by atoms with Crippen LogP contribution in [0.2, 0.25) is 0 Å². The quantitative estimate of drug-likeness (QED) is 0.822. The van der Waals surface area contributed by atoms with E-state index >= 15 is 0 Å². The molecule has 1 unspecified atom stereocenters. The number of nitrogens with one attached hydrogen (secondary N) is 1. The van der Waals surface area contributed by atoms with Crippen molar-refractivity contribution in [2.45, 2.75) is 32.2 Å². The van der Waals surface area contributed by atoms with Crippen LogP contribution in [0, 0.1) is 6.92 Å². The van der Waals surface area contributed by atoms with Gasteiger partial charge in [-0.05, 0) is 31.5 Å². The third-order valence-corrected chi connectivity index (χ3v) is 4.10. The number of hydrogen-bond acceptors (Lipinski definition) is 3. The summed E-state index contributed by atoms with van der Waals surface area (Å²) in [5, 5.41) is 3.13. The van der Waals surface area contributed by atoms with Gasteiger partial charge in [-0.1, -0.05) is 35.9 Å². The van der Waals surface area contributed by atoms with Crippen molar-refractivity contribution >= 4 is 5.91 Å². The third-order valence-electron chi connectivity index (χ3n) is 4.10. The van der Waals surface area contributed by atoms with Crippen LogP contribution in [0.3, 0.4) is 0 Å². The van der Waals surface area contributed by atoms with E-state index in [0.29, 0.717) is 26.1 Å². The lowest BCUT2D eigenvalue weighted by molar-refractivity contribution is -0.122. The van der Waals surface area contributed by atoms with E-state index in [1.807, 2.05) is 42.5 Å². The van der Waals surface area contributed by atoms with Crippen LogP contribution in [0.4, 0.5) is 0 Å². The van der Waals surface area contributed by atoms with Gasteiger partial charge in [-0.2, -0.15) is 0 Å². The van der Waals surface area contributed by atoms with E-state index in [9.17, 15) is 4.79 Å². The minimum Gasteiger partial charge on any atom is -0.494 e. The first-order chi connectivity index (χ1) is 11.7. The van der Waals surface area contributed by atoms with E-state index in [4.69, 9.17) is 9.47 Å². The number of ether oxygens (including phenoxy) is 2. The number of benzene rings is 2. The van der Waals surface area contributed by atoms with Crippen LogP contribution in [0.15, 0.2) is 48.5 Å². The number of amides is 1. The topological polar surface area (TPSA) is 47.6 Å². The second-order valence-corrected chi connectivity index (χ2v) is 6.06. The second-order valence-electron chi connectivity index (χ2n) is 6.06. The van der Waals surface area contributed by atoms with Gasteiger partial charge in [0.15, 0.2) is 0 Å². The Labute approximate surface area is 142 Å². The summed E-state index contributed by atoms with van der Waals surface area (Å²) < 4.78 is 11.3. The molecule has 0 bridgehead atoms. The highest BCUT2D eigenvalue weighted by Gasteiger charge is 2.22. The lowest BCUT2D eigenvalue weighted by Gasteiger charge is -2.27. The van der Waals surface area contributed by atoms with Crippen molar-refractivity contribution in [2.24, 2.45) is 0 Å². The molecule has 1 atom stereocenters. The molecule has 1 amide bonds. The largest absolute Gasteiger partial charge is 0.494 e. The average Bonchev–Trinajstić information content (AvgIpc) is 2.60. The molecule has 2 aromatic rings. The zero-order chi connectivity index (χ0) is 16.8. The van der Waals surface area contributed by atoms with Crippen molar-refractivity contribution in [2.75, 3.05) is 13.2 Å². The maximum absolute atomic E-state index is 12.2. The standard InChI is InChI=1S/C20H23NO3/c1-15-9-10-19-17(14-15)18(11-13-24-19)21-20(22)8-5-12-23-16-6-3-2-4-7-16/h2-4,6-7,9-10,14,18H,5,8,11-13H2,1H3,(H,21,22). The molecular weight excluding hydrogens is 302 g/mol. The van der Waals surface area contributed by atoms with Crippen LogP contribution in [0.25, 0.3) is 0 Å². The maximum Gasteiger partial charge on any atom is 0.220 e. The summed E-state index contributed by atoms with van der Waals surface area (Å²) in [6, 6.07) is 15.8. The molecule has 1 N–H and O–H groups in total. The van der Waals surface area contributed by atoms with E-state index in [0.717, 1.165) is 23.5 Å². The smallest absolute Gasteiger partial charge is 0.220 e. The van der Waals surface area contributed by atoms with Gasteiger partial charge < -0.3 is 14.8 Å². The molecule has 2 aromatic carbocycles. The van der Waals surface area contributed by atoms with Gasteiger partial charge in [-0.15, -0.1) is 0 Å². The molecule has 1 heterocycles. The molecule has 1 aliphatic rings. The van der Waals surface area contributed by atoms with E-state index in [-0.39, 0.29) is 11.9 Å². The minimum atomic E-state index is 0.0381. The van der Waals surface area contributed by atoms with Crippen LogP contribution < -0.4 is 14.8 Å². The monoisotopic (exact) mass is 325 g/mol. The molecule has 0 spiro atoms. The molecule has 1 aliphatic heterocycles. The van der Waals surface area contributed by atoms with Crippen LogP contribution in [0.1, 0.15) is 36.4 Å². The zero-order valence-corrected chi connectivity index (χ0v) is 14.0. The molecule has 0 radical (unpaired) electrons. The van der Waals surface area contributed by atoms with E-state index < -0.39 is 0 Å². The first-order valence-electron chi connectivity index (χ1n) is 8.43. The van der Waals surface area contributed by atoms with Crippen molar-refractivity contribution < 1.29 is 14.3 Å². The Morgan fingerprint density at radius 1 is 1.25 bits per heavy atom. The SMILES string of the molecule is Cc1ccc2c(c1)C(NC(=O)CCCOc1ccccc1)CCO2. The van der Waals surface area contributed by atoms with Gasteiger partial charge in [0, 0.05) is 18.4 Å². The Bertz CT molecular complexity index is 685. The predicted molar refractivity (Wildman–Crippen MR) is 93.3 cm³/mol. The van der Waals surface area contributed by atoms with Gasteiger partial charge in [0.1, 0.15) is 11.5 Å². The maximum atomic E-state index is 12.2. The normalized spacial score (nSPS) is 16.0. The highest BCUT2D eigenvalue weighted by molar-refractivity contribution is 5.76. The Kier molecular flexibility index (Phi) is 5.36. The fourth-order valence-corrected chi connectivity index (χ4v) is 2.87. The number of para-hydroxylation sites is 1. The number of carbonyl (C=O) groups is 1. The van der Waals surface area contributed by atoms with Crippen molar-refractivity contribution in [3.05, 3.63) is 59.7 Å². The highest BCUT2D eigenvalue weighted by atomic mass is 16.5. The van der Waals surface area contributed by atoms with Crippen LogP contribution in [-0.2, 0) is 4.79 Å². The molecule has 0 saturated heterocycles. The molecule has 4 heteroatoms. The Hall–Kier alpha value is -2.49. The minimum absolute atomic E-state index is 0.0381. The van der Waals surface area contributed by atoms with Gasteiger partial charge in [-0.3, -0.25) is 4.79 Å². The second kappa shape index (κ2) is 7.86. The fourth-order valence-electron chi connectivity index (χ4n) is 2.87. The van der Waals surface area contributed by atoms with Crippen molar-refractivity contribution in [3.8, 4) is 11.5 Å². The molecule has 3 rings (SSSR count). The summed E-state index contributed by atoms with van der Waals surface area (Å²) in [7, 11) is 0. The lowest BCUT2D eigenvalue weighted by Crippen LogP contribution is -2.32. The summed E-state index contributed by atoms with van der Waals surface area (Å²) in [5.74, 6) is 1.78. The lowest BCUT2D eigenvalue weighted by atomic mass is 9.98. The highest BCUT2D eigenvalue weighted by Crippen LogP contribution is 2.32. The number of carbonyl (C=O) groups excluding carboxylic acids is 1. The van der Waals surface area contributed by atoms with Crippen LogP contribution >= 0.6 is 0 Å². The van der Waals surface area contributed by atoms with Crippen molar-refractivity contribution in [1.29, 1.82) is 0 Å². The summed E-state index contributed by atoms with van der Waals surface area (Å²) in [6.45, 7) is 3.23. The van der Waals surface area contributed by atoms with Crippen LogP contribution in [-0.4, -0.2) is 19.1 Å². The summed E-state index contributed by atoms with van der Waals surface area (Å²) in [4.78, 5) is 12.2. The van der Waals surface area contributed by atoms with Gasteiger partial charge >= 0.3 is 0 Å². The summed E-state index contributed by atoms with van der Waals surface area (Å²) in [5.41, 5.74) is 2.25. The Morgan fingerprint density at radius 2 is 2.08 bits per heavy atom. The number of fused-ring (bicyclic) bond motifs is 1. The number of hydrogen-bond donors (Lipinski definition) is 1. The van der Waals surface area contributed by atoms with Crippen LogP contribution in [0.5, 0.6) is 11.5 Å². The summed E-state index contributed by atoms with van der Waals surface area (Å²) in [6.07, 6.45) is 1.97. The molecule has 0 saturated carbocycles. The first-order valence-corrected chi connectivity index (χ1v) is 8.43. The van der Waals surface area contributed by atoms with E-state index in [2.05, 4.69) is 18.3 Å². The molecule has 126 valence electrons. The Balaban J connectivity index is 1.47. The van der Waals surface area contributed by atoms with E-state index in [1.165, 1.54) is 5.56 Å². The van der Waals surface area contributed by atoms with Gasteiger partial charge in [-0.25, -0.2) is 0 Å². The Morgan fingerprint density at radius 3 is 2.92 bits per heavy atom. The van der Waals surface area contributed by atoms with Crippen molar-refractivity contribution in [3.63, 3.8) is 0 Å². The first kappa shape index (κ1) is 16.4. The van der Waals surface area contributed by atoms with E-state index in [1.54, 1.807) is 0 Å². The number of rotatable bonds is 6. The van der Waals surface area contributed by atoms with Gasteiger partial charge in [0.25, 0.3) is 0 Å². The molecule has 0 aliphatic carbocycles. The average molecular weight is 325 g/mol. The molecule has 4 nitrogen and oxygen atoms in total. The van der Waals surface area contributed by atoms with Crippen molar-refractivity contribution in [1.82, 2.24) is 5.32 Å². The molecule has 0 fully saturated rings. The molecule has 0 aromatic heterocycles. The third kappa shape index (κ3) is 4.28. The summed E-state index contributed by atoms with van der Waals surface area (Å²) >= 11 is 0. The van der Waals surface area contributed by atoms with Gasteiger partial charge in [0.2, 0.25) is 5.91 Å². The molecular formula is C20H23NO3. The predicted octanol–water partition coefficient (Wildman–Crippen LogP) is 3.79. The molecule has 24 heavy (non-hydrogen) atoms. The number of aryl methyl sites for hydroxylation is 1. The van der Waals surface area contributed by atoms with Gasteiger partial charge in [0.05, 0.1) is 19.3 Å². The zero-order valence-electron chi connectivity index (χ0n) is 14.0. The fraction of sp³-hybridized carbons (Fsp3) is 0.350.